The fraction of sp³-hybridized carbons (Fsp3) is 0.500. The molecule has 0 radical (unpaired) electrons. The molecule has 0 aromatic carbocycles. The van der Waals surface area contributed by atoms with E-state index in [1.54, 1.807) is 11.3 Å². The summed E-state index contributed by atoms with van der Waals surface area (Å²) in [5, 5.41) is 3.13. The van der Waals surface area contributed by atoms with Crippen LogP contribution < -0.4 is 11.1 Å². The van der Waals surface area contributed by atoms with Crippen LogP contribution in [0.5, 0.6) is 0 Å². The van der Waals surface area contributed by atoms with Gasteiger partial charge in [-0.3, -0.25) is 4.79 Å². The maximum atomic E-state index is 11.2. The fourth-order valence-corrected chi connectivity index (χ4v) is 2.20. The van der Waals surface area contributed by atoms with E-state index in [4.69, 9.17) is 5.73 Å². The summed E-state index contributed by atoms with van der Waals surface area (Å²) in [7, 11) is 0. The lowest BCUT2D eigenvalue weighted by molar-refractivity contribution is -0.120. The zero-order valence-corrected chi connectivity index (χ0v) is 9.36. The molecule has 3 N–H and O–H groups in total. The Labute approximate surface area is 88.3 Å². The summed E-state index contributed by atoms with van der Waals surface area (Å²) < 4.78 is 0. The van der Waals surface area contributed by atoms with Crippen molar-refractivity contribution in [3.8, 4) is 0 Å². The largest absolute Gasteiger partial charge is 0.368 e. The number of aryl methyl sites for hydroxylation is 1. The number of hydrogen-bond donors (Lipinski definition) is 2. The summed E-state index contributed by atoms with van der Waals surface area (Å²) in [5.41, 5.74) is 5.32. The summed E-state index contributed by atoms with van der Waals surface area (Å²) in [6.07, 6.45) is 0.994. The average Bonchev–Trinajstić information content (AvgIpc) is 2.52. The van der Waals surface area contributed by atoms with Gasteiger partial charge in [0.1, 0.15) is 6.04 Å². The van der Waals surface area contributed by atoms with Crippen LogP contribution in [0, 0.1) is 6.92 Å². The van der Waals surface area contributed by atoms with Crippen LogP contribution in [0.3, 0.4) is 0 Å². The number of primary amides is 1. The predicted molar refractivity (Wildman–Crippen MR) is 59.3 cm³/mol. The Bertz CT molecular complexity index is 309. The highest BCUT2D eigenvalue weighted by molar-refractivity contribution is 7.12. The van der Waals surface area contributed by atoms with Crippen molar-refractivity contribution < 1.29 is 4.79 Å². The second-order valence-corrected chi connectivity index (χ2v) is 4.56. The van der Waals surface area contributed by atoms with Gasteiger partial charge in [-0.15, -0.1) is 11.3 Å². The zero-order chi connectivity index (χ0) is 10.6. The lowest BCUT2D eigenvalue weighted by Gasteiger charge is -2.12. The van der Waals surface area contributed by atoms with E-state index in [1.165, 1.54) is 4.88 Å². The molecule has 0 aliphatic heterocycles. The third-order valence-electron chi connectivity index (χ3n) is 1.93. The Kier molecular flexibility index (Phi) is 4.10. The quantitative estimate of drug-likeness (QED) is 0.778. The minimum atomic E-state index is -0.325. The first-order chi connectivity index (χ1) is 6.65. The van der Waals surface area contributed by atoms with Crippen molar-refractivity contribution in [1.29, 1.82) is 0 Å². The SMILES string of the molecule is CCCNC(C(N)=O)c1ccc(C)s1. The first-order valence-electron chi connectivity index (χ1n) is 4.74. The first kappa shape index (κ1) is 11.2. The molecule has 78 valence electrons. The summed E-state index contributed by atoms with van der Waals surface area (Å²) in [6.45, 7) is 4.89. The molecule has 0 aliphatic carbocycles. The molecule has 1 atom stereocenters. The summed E-state index contributed by atoms with van der Waals surface area (Å²) >= 11 is 1.61. The average molecular weight is 212 g/mol. The molecule has 14 heavy (non-hydrogen) atoms. The number of amides is 1. The molecule has 0 fully saturated rings. The van der Waals surface area contributed by atoms with Crippen LogP contribution in [0.4, 0.5) is 0 Å². The van der Waals surface area contributed by atoms with E-state index in [0.717, 1.165) is 17.8 Å². The van der Waals surface area contributed by atoms with E-state index in [-0.39, 0.29) is 11.9 Å². The summed E-state index contributed by atoms with van der Waals surface area (Å²) in [6, 6.07) is 3.63. The molecule has 3 nitrogen and oxygen atoms in total. The molecule has 1 unspecified atom stereocenters. The molecule has 1 aromatic rings. The molecule has 0 aliphatic rings. The Morgan fingerprint density at radius 3 is 2.79 bits per heavy atom. The van der Waals surface area contributed by atoms with Gasteiger partial charge in [-0.2, -0.15) is 0 Å². The number of rotatable bonds is 5. The molecular formula is C10H16N2OS. The molecule has 0 saturated carbocycles. The lowest BCUT2D eigenvalue weighted by Crippen LogP contribution is -2.33. The van der Waals surface area contributed by atoms with Crippen LogP contribution >= 0.6 is 11.3 Å². The molecule has 4 heteroatoms. The molecule has 0 spiro atoms. The van der Waals surface area contributed by atoms with Gasteiger partial charge in [0.05, 0.1) is 0 Å². The lowest BCUT2D eigenvalue weighted by atomic mass is 10.2. The smallest absolute Gasteiger partial charge is 0.239 e. The molecule has 0 saturated heterocycles. The van der Waals surface area contributed by atoms with Crippen molar-refractivity contribution in [3.05, 3.63) is 21.9 Å². The van der Waals surface area contributed by atoms with E-state index in [1.807, 2.05) is 19.1 Å². The molecule has 0 bridgehead atoms. The topological polar surface area (TPSA) is 55.1 Å². The highest BCUT2D eigenvalue weighted by Crippen LogP contribution is 2.22. The Morgan fingerprint density at radius 2 is 2.36 bits per heavy atom. The zero-order valence-electron chi connectivity index (χ0n) is 8.54. The Morgan fingerprint density at radius 1 is 1.64 bits per heavy atom. The summed E-state index contributed by atoms with van der Waals surface area (Å²) in [4.78, 5) is 13.4. The standard InChI is InChI=1S/C10H16N2OS/c1-3-6-12-9(10(11)13)8-5-4-7(2)14-8/h4-5,9,12H,3,6H2,1-2H3,(H2,11,13). The number of thiophene rings is 1. The van der Waals surface area contributed by atoms with Crippen LogP contribution in [-0.4, -0.2) is 12.5 Å². The number of hydrogen-bond acceptors (Lipinski definition) is 3. The van der Waals surface area contributed by atoms with Gasteiger partial charge in [-0.1, -0.05) is 6.92 Å². The number of carbonyl (C=O) groups excluding carboxylic acids is 1. The molecule has 1 aromatic heterocycles. The number of nitrogens with two attached hydrogens (primary N) is 1. The molecular weight excluding hydrogens is 196 g/mol. The minimum Gasteiger partial charge on any atom is -0.368 e. The van der Waals surface area contributed by atoms with Gasteiger partial charge in [0.25, 0.3) is 0 Å². The van der Waals surface area contributed by atoms with Crippen LogP contribution in [-0.2, 0) is 4.79 Å². The molecule has 1 rings (SSSR count). The van der Waals surface area contributed by atoms with Crippen molar-refractivity contribution >= 4 is 17.2 Å². The van der Waals surface area contributed by atoms with Gasteiger partial charge in [0.15, 0.2) is 0 Å². The first-order valence-corrected chi connectivity index (χ1v) is 5.55. The van der Waals surface area contributed by atoms with Crippen LogP contribution in [0.15, 0.2) is 12.1 Å². The Balaban J connectivity index is 2.72. The monoisotopic (exact) mass is 212 g/mol. The van der Waals surface area contributed by atoms with Crippen molar-refractivity contribution in [2.45, 2.75) is 26.3 Å². The fourth-order valence-electron chi connectivity index (χ4n) is 1.24. The highest BCUT2D eigenvalue weighted by Gasteiger charge is 2.17. The van der Waals surface area contributed by atoms with Crippen LogP contribution in [0.2, 0.25) is 0 Å². The van der Waals surface area contributed by atoms with Gasteiger partial charge in [-0.05, 0) is 32.0 Å². The van der Waals surface area contributed by atoms with E-state index < -0.39 is 0 Å². The highest BCUT2D eigenvalue weighted by atomic mass is 32.1. The third-order valence-corrected chi connectivity index (χ3v) is 2.99. The maximum Gasteiger partial charge on any atom is 0.239 e. The van der Waals surface area contributed by atoms with E-state index in [0.29, 0.717) is 0 Å². The van der Waals surface area contributed by atoms with Gasteiger partial charge in [0, 0.05) is 9.75 Å². The second kappa shape index (κ2) is 5.12. The van der Waals surface area contributed by atoms with E-state index >= 15 is 0 Å². The van der Waals surface area contributed by atoms with Crippen molar-refractivity contribution in [3.63, 3.8) is 0 Å². The predicted octanol–water partition coefficient (Wildman–Crippen LogP) is 1.58. The van der Waals surface area contributed by atoms with Gasteiger partial charge < -0.3 is 11.1 Å². The van der Waals surface area contributed by atoms with Gasteiger partial charge in [0.2, 0.25) is 5.91 Å². The van der Waals surface area contributed by atoms with E-state index in [9.17, 15) is 4.79 Å². The Hall–Kier alpha value is -0.870. The number of carbonyl (C=O) groups is 1. The minimum absolute atomic E-state index is 0.305. The third kappa shape index (κ3) is 2.82. The van der Waals surface area contributed by atoms with Crippen molar-refractivity contribution in [2.24, 2.45) is 5.73 Å². The number of nitrogens with one attached hydrogen (secondary N) is 1. The second-order valence-electron chi connectivity index (χ2n) is 3.24. The van der Waals surface area contributed by atoms with Gasteiger partial charge in [-0.25, -0.2) is 0 Å². The van der Waals surface area contributed by atoms with Crippen molar-refractivity contribution in [2.75, 3.05) is 6.54 Å². The maximum absolute atomic E-state index is 11.2. The molecule has 1 heterocycles. The van der Waals surface area contributed by atoms with Gasteiger partial charge >= 0.3 is 0 Å². The van der Waals surface area contributed by atoms with Crippen LogP contribution in [0.25, 0.3) is 0 Å². The normalized spacial score (nSPS) is 12.7. The van der Waals surface area contributed by atoms with Crippen molar-refractivity contribution in [1.82, 2.24) is 5.32 Å². The van der Waals surface area contributed by atoms with E-state index in [2.05, 4.69) is 12.2 Å². The van der Waals surface area contributed by atoms with Crippen LogP contribution in [0.1, 0.15) is 29.1 Å². The molecule has 1 amide bonds. The summed E-state index contributed by atoms with van der Waals surface area (Å²) in [5.74, 6) is -0.305.